The van der Waals surface area contributed by atoms with E-state index < -0.39 is 0 Å². The first kappa shape index (κ1) is 526. The molecule has 0 aromatic rings. The fraction of sp³-hybridized carbons (Fsp3) is 0. The average Bonchev–Trinajstić information content (AvgIpc) is 0. The van der Waals surface area contributed by atoms with E-state index in [9.17, 15) is 0 Å². The van der Waals surface area contributed by atoms with Gasteiger partial charge in [-0.1, -0.05) is 0 Å². The van der Waals surface area contributed by atoms with Crippen LogP contribution >= 0.6 is 0 Å². The topological polar surface area (TPSA) is 0 Å². The van der Waals surface area contributed by atoms with E-state index in [1.54, 1.807) is 0 Å². The van der Waals surface area contributed by atoms with Crippen molar-refractivity contribution in [3.05, 3.63) is 0 Å². The summed E-state index contributed by atoms with van der Waals surface area (Å²) < 4.78 is 0. The molecule has 0 aliphatic carbocycles. The van der Waals surface area contributed by atoms with Crippen molar-refractivity contribution in [3.8, 4) is 0 Å². The van der Waals surface area contributed by atoms with Gasteiger partial charge in [-0.3, -0.25) is 0 Å². The number of rotatable bonds is 0. The third kappa shape index (κ3) is 497. The van der Waals surface area contributed by atoms with Crippen LogP contribution in [0, 0.1) is 0 Å². The van der Waals surface area contributed by atoms with Gasteiger partial charge in [0.15, 0.2) is 0 Å². The smallest absolute Gasteiger partial charge is 0 e. The molecule has 0 fully saturated rings. The minimum Gasteiger partial charge on any atom is 0 e. The first-order valence-electron chi connectivity index (χ1n) is 0. The number of hydrogen-bond acceptors (Lipinski definition) is 0. The first-order valence-corrected chi connectivity index (χ1v) is 0. The Morgan fingerprint density at radius 2 is 0.0189 bits per heavy atom. The Balaban J connectivity index is 0. The van der Waals surface area contributed by atoms with Crippen molar-refractivity contribution in [2.24, 2.45) is 0 Å². The van der Waals surface area contributed by atoms with Crippen LogP contribution in [0.5, 0.6) is 0 Å². The molecule has 0 saturated carbocycles. The molecule has 318 valence electrons. The largest absolute Gasteiger partial charge is 0 e. The summed E-state index contributed by atoms with van der Waals surface area (Å²) in [4.78, 5) is 0. The summed E-state index contributed by atoms with van der Waals surface area (Å²) in [6, 6.07) is 0. The molecule has 0 unspecified atom stereocenters. The molecule has 0 aliphatic rings. The molecule has 0 radical (unpaired) electrons. The minimum absolute atomic E-state index is 0. The fourth-order valence-corrected chi connectivity index (χ4v) is 0. The summed E-state index contributed by atoms with van der Waals surface area (Å²) in [6.45, 7) is 0. The Kier molecular flexibility index (Phi) is 5050. The van der Waals surface area contributed by atoms with E-state index in [0.29, 0.717) is 0 Å². The maximum Gasteiger partial charge on any atom is 0 e. The second-order valence-electron chi connectivity index (χ2n) is 0. The van der Waals surface area contributed by atoms with Gasteiger partial charge in [-0.05, 0) is 0 Å². The Hall–Kier alpha value is 36.5. The molecular formula is W53. The van der Waals surface area contributed by atoms with Crippen LogP contribution in [-0.4, -0.2) is 0 Å². The van der Waals surface area contributed by atoms with E-state index >= 15 is 0 Å². The monoisotopic (exact) mass is 9750 g/mol. The SMILES string of the molecule is [W].[W].[W].[W].[W].[W].[W].[W].[W].[W].[W].[W].[W].[W].[W].[W].[W].[W].[W].[W].[W].[W].[W].[W].[W].[W].[W].[W].[W].[W].[W].[W].[W].[W].[W].[W].[W].[W].[W].[W].[W].[W].[W].[W].[W].[W].[W].[W].[W].[W].[W].[W].[W]. The van der Waals surface area contributed by atoms with Crippen LogP contribution in [0.1, 0.15) is 0 Å². The summed E-state index contributed by atoms with van der Waals surface area (Å²) in [5.74, 6) is 0. The van der Waals surface area contributed by atoms with Crippen LogP contribution in [0.25, 0.3) is 0 Å². The molecular weight excluding hydrogens is 9740 g/mol. The molecule has 0 nitrogen and oxygen atoms in total. The second-order valence-corrected chi connectivity index (χ2v) is 0. The zero-order valence-corrected chi connectivity index (χ0v) is 177. The summed E-state index contributed by atoms with van der Waals surface area (Å²) in [6.07, 6.45) is 0. The molecule has 0 rings (SSSR count). The minimum atomic E-state index is 0. The fourth-order valence-electron chi connectivity index (χ4n) is 0. The summed E-state index contributed by atoms with van der Waals surface area (Å²) in [7, 11) is 0. The molecule has 0 heterocycles. The third-order valence-corrected chi connectivity index (χ3v) is 0. The van der Waals surface area contributed by atoms with Crippen molar-refractivity contribution in [1.82, 2.24) is 0 Å². The van der Waals surface area contributed by atoms with Gasteiger partial charge < -0.3 is 0 Å². The Bertz CT molecular complexity index is 0. The van der Waals surface area contributed by atoms with Gasteiger partial charge in [0.25, 0.3) is 0 Å². The molecule has 0 N–H and O–H groups in total. The zero-order chi connectivity index (χ0) is 0. The van der Waals surface area contributed by atoms with E-state index in [0.717, 1.165) is 0 Å². The molecule has 53 heteroatoms. The summed E-state index contributed by atoms with van der Waals surface area (Å²) >= 11 is 0. The van der Waals surface area contributed by atoms with Crippen LogP contribution in [0.15, 0.2) is 0 Å². The van der Waals surface area contributed by atoms with E-state index in [-0.39, 0.29) is 1120 Å². The molecule has 0 aliphatic heterocycles. The first-order chi connectivity index (χ1) is 0. The van der Waals surface area contributed by atoms with Crippen LogP contribution < -0.4 is 0 Å². The molecule has 0 amide bonds. The molecule has 0 aromatic heterocycles. The van der Waals surface area contributed by atoms with Gasteiger partial charge in [0.2, 0.25) is 0 Å². The van der Waals surface area contributed by atoms with Gasteiger partial charge >= 0.3 is 0 Å². The van der Waals surface area contributed by atoms with E-state index in [2.05, 4.69) is 0 Å². The maximum atomic E-state index is 0. The van der Waals surface area contributed by atoms with Gasteiger partial charge in [0, 0.05) is 1120 Å². The summed E-state index contributed by atoms with van der Waals surface area (Å²) in [5, 5.41) is 0. The van der Waals surface area contributed by atoms with Crippen LogP contribution in [0.2, 0.25) is 0 Å². The van der Waals surface area contributed by atoms with Crippen molar-refractivity contribution in [3.63, 3.8) is 0 Å². The normalized spacial score (nSPS) is 0. The van der Waals surface area contributed by atoms with Crippen molar-refractivity contribution in [2.45, 2.75) is 0 Å². The van der Waals surface area contributed by atoms with Crippen molar-refractivity contribution in [2.75, 3.05) is 0 Å². The molecule has 53 heavy (non-hydrogen) atoms. The maximum absolute atomic E-state index is 0. The second kappa shape index (κ2) is 509. The Morgan fingerprint density at radius 3 is 0.0189 bits per heavy atom. The Morgan fingerprint density at radius 1 is 0.0189 bits per heavy atom. The van der Waals surface area contributed by atoms with Gasteiger partial charge in [-0.15, -0.1) is 0 Å². The van der Waals surface area contributed by atoms with Gasteiger partial charge in [0.1, 0.15) is 0 Å². The number of hydrogen-bond donors (Lipinski definition) is 0. The van der Waals surface area contributed by atoms with Crippen molar-refractivity contribution < 1.29 is 1120 Å². The summed E-state index contributed by atoms with van der Waals surface area (Å²) in [5.41, 5.74) is 0. The third-order valence-electron chi connectivity index (χ3n) is 0. The van der Waals surface area contributed by atoms with Crippen LogP contribution in [-0.2, 0) is 1120 Å². The van der Waals surface area contributed by atoms with E-state index in [1.807, 2.05) is 0 Å². The van der Waals surface area contributed by atoms with Crippen LogP contribution in [0.4, 0.5) is 0 Å². The molecule has 0 bridgehead atoms. The average molecular weight is 9740 g/mol. The van der Waals surface area contributed by atoms with Crippen LogP contribution in [0.3, 0.4) is 0 Å². The van der Waals surface area contributed by atoms with Crippen molar-refractivity contribution >= 4 is 0 Å². The van der Waals surface area contributed by atoms with Crippen molar-refractivity contribution in [1.29, 1.82) is 0 Å². The Labute approximate surface area is 1080 Å². The molecule has 0 atom stereocenters. The van der Waals surface area contributed by atoms with E-state index in [4.69, 9.17) is 0 Å². The molecule has 0 spiro atoms. The predicted molar refractivity (Wildman–Crippen MR) is 0 cm³/mol. The predicted octanol–water partition coefficient (Wildman–Crippen LogP) is -0.133. The standard InChI is InChI=1S/53W. The van der Waals surface area contributed by atoms with Gasteiger partial charge in [-0.2, -0.15) is 0 Å². The van der Waals surface area contributed by atoms with Gasteiger partial charge in [-0.25, -0.2) is 0 Å². The molecule has 0 aromatic carbocycles. The zero-order valence-electron chi connectivity index (χ0n) is 21.6. The van der Waals surface area contributed by atoms with E-state index in [1.165, 1.54) is 0 Å². The molecule has 0 saturated heterocycles. The van der Waals surface area contributed by atoms with Gasteiger partial charge in [0.05, 0.1) is 0 Å². The quantitative estimate of drug-likeness (QED) is 0.318.